The van der Waals surface area contributed by atoms with Crippen LogP contribution in [0, 0.1) is 12.8 Å². The summed E-state index contributed by atoms with van der Waals surface area (Å²) >= 11 is 0. The molecule has 3 N–H and O–H groups in total. The number of hydrogen-bond acceptors (Lipinski definition) is 4. The van der Waals surface area contributed by atoms with Crippen molar-refractivity contribution < 1.29 is 14.3 Å². The van der Waals surface area contributed by atoms with Crippen LogP contribution in [0.2, 0.25) is 0 Å². The minimum absolute atomic E-state index is 0. The fourth-order valence-electron chi connectivity index (χ4n) is 2.29. The van der Waals surface area contributed by atoms with Crippen molar-refractivity contribution in [1.29, 1.82) is 0 Å². The maximum Gasteiger partial charge on any atom is 0.224 e. The third-order valence-corrected chi connectivity index (χ3v) is 4.06. The lowest BCUT2D eigenvalue weighted by Gasteiger charge is -2.18. The van der Waals surface area contributed by atoms with E-state index in [4.69, 9.17) is 15.2 Å². The fourth-order valence-corrected chi connectivity index (χ4v) is 2.29. The molecule has 1 fully saturated rings. The van der Waals surface area contributed by atoms with Crippen LogP contribution in [-0.4, -0.2) is 31.3 Å². The number of amides is 1. The summed E-state index contributed by atoms with van der Waals surface area (Å²) in [6.07, 6.45) is 1.00. The Hall–Kier alpha value is -1.30. The second-order valence-electron chi connectivity index (χ2n) is 6.08. The summed E-state index contributed by atoms with van der Waals surface area (Å²) in [5, 5.41) is 2.93. The lowest BCUT2D eigenvalue weighted by atomic mass is 10.0. The molecule has 1 saturated heterocycles. The molecule has 0 aromatic heterocycles. The van der Waals surface area contributed by atoms with E-state index in [1.54, 1.807) is 0 Å². The van der Waals surface area contributed by atoms with Gasteiger partial charge in [-0.05, 0) is 25.5 Å². The van der Waals surface area contributed by atoms with Crippen molar-refractivity contribution in [2.45, 2.75) is 45.9 Å². The van der Waals surface area contributed by atoms with E-state index < -0.39 is 0 Å². The zero-order chi connectivity index (χ0) is 16.1. The van der Waals surface area contributed by atoms with Crippen molar-refractivity contribution in [3.8, 4) is 5.75 Å². The highest BCUT2D eigenvalue weighted by atomic mass is 35.5. The number of hydrogen-bond donors (Lipinski definition) is 2. The van der Waals surface area contributed by atoms with Crippen LogP contribution in [0.5, 0.6) is 5.75 Å². The third kappa shape index (κ3) is 5.68. The number of nitrogens with two attached hydrogens (primary N) is 1. The zero-order valence-electron chi connectivity index (χ0n) is 14.0. The summed E-state index contributed by atoms with van der Waals surface area (Å²) < 4.78 is 11.4. The standard InChI is InChI=1S/C17H26N2O3.ClH/c1-11-4-5-14(9-19-17(20)12(2)13(3)18)16(8-11)22-15-6-7-21-10-15;/h4-5,8,12-13,15H,6-7,9-10,18H2,1-3H3,(H,19,20);1H. The number of halogens is 1. The zero-order valence-corrected chi connectivity index (χ0v) is 14.8. The highest BCUT2D eigenvalue weighted by Crippen LogP contribution is 2.24. The topological polar surface area (TPSA) is 73.6 Å². The lowest BCUT2D eigenvalue weighted by molar-refractivity contribution is -0.125. The molecule has 1 aliphatic heterocycles. The van der Waals surface area contributed by atoms with Crippen molar-refractivity contribution in [1.82, 2.24) is 5.32 Å². The molecule has 23 heavy (non-hydrogen) atoms. The summed E-state index contributed by atoms with van der Waals surface area (Å²) in [7, 11) is 0. The Balaban J connectivity index is 0.00000264. The number of rotatable bonds is 6. The Morgan fingerprint density at radius 1 is 1.48 bits per heavy atom. The molecule has 2 rings (SSSR count). The van der Waals surface area contributed by atoms with Gasteiger partial charge in [0.2, 0.25) is 5.91 Å². The first-order chi connectivity index (χ1) is 10.5. The van der Waals surface area contributed by atoms with E-state index >= 15 is 0 Å². The number of carbonyl (C=O) groups is 1. The van der Waals surface area contributed by atoms with Crippen LogP contribution in [0.4, 0.5) is 0 Å². The summed E-state index contributed by atoms with van der Waals surface area (Å²) in [4.78, 5) is 12.0. The Kier molecular flexibility index (Phi) is 7.82. The van der Waals surface area contributed by atoms with Crippen molar-refractivity contribution in [3.05, 3.63) is 29.3 Å². The predicted octanol–water partition coefficient (Wildman–Crippen LogP) is 2.18. The van der Waals surface area contributed by atoms with Crippen molar-refractivity contribution >= 4 is 18.3 Å². The molecule has 1 aliphatic rings. The Morgan fingerprint density at radius 2 is 2.22 bits per heavy atom. The Morgan fingerprint density at radius 3 is 2.83 bits per heavy atom. The normalized spacial score (nSPS) is 19.6. The van der Waals surface area contributed by atoms with Crippen LogP contribution >= 0.6 is 12.4 Å². The quantitative estimate of drug-likeness (QED) is 0.831. The SMILES string of the molecule is Cc1ccc(CNC(=O)C(C)C(C)N)c(OC2CCOC2)c1.Cl. The molecule has 0 saturated carbocycles. The fraction of sp³-hybridized carbons (Fsp3) is 0.588. The van der Waals surface area contributed by atoms with Gasteiger partial charge in [-0.2, -0.15) is 0 Å². The van der Waals surface area contributed by atoms with Gasteiger partial charge in [0.1, 0.15) is 11.9 Å². The molecule has 6 heteroatoms. The monoisotopic (exact) mass is 342 g/mol. The molecule has 1 aromatic carbocycles. The Labute approximate surface area is 144 Å². The van der Waals surface area contributed by atoms with Gasteiger partial charge < -0.3 is 20.5 Å². The number of carbonyl (C=O) groups excluding carboxylic acids is 1. The number of nitrogens with one attached hydrogen (secondary N) is 1. The van der Waals surface area contributed by atoms with Crippen LogP contribution in [-0.2, 0) is 16.1 Å². The minimum atomic E-state index is -0.210. The predicted molar refractivity (Wildman–Crippen MR) is 92.9 cm³/mol. The minimum Gasteiger partial charge on any atom is -0.488 e. The molecule has 0 spiro atoms. The first-order valence-electron chi connectivity index (χ1n) is 7.84. The molecule has 0 aliphatic carbocycles. The lowest BCUT2D eigenvalue weighted by Crippen LogP contribution is -2.38. The van der Waals surface area contributed by atoms with Crippen molar-refractivity contribution in [2.75, 3.05) is 13.2 Å². The van der Waals surface area contributed by atoms with Gasteiger partial charge in [0.25, 0.3) is 0 Å². The molecule has 1 heterocycles. The summed E-state index contributed by atoms with van der Waals surface area (Å²) in [6, 6.07) is 5.87. The number of benzene rings is 1. The first kappa shape index (κ1) is 19.7. The van der Waals surface area contributed by atoms with Crippen LogP contribution in [0.3, 0.4) is 0 Å². The molecular weight excluding hydrogens is 316 g/mol. The van der Waals surface area contributed by atoms with Gasteiger partial charge in [-0.1, -0.05) is 19.1 Å². The largest absolute Gasteiger partial charge is 0.488 e. The smallest absolute Gasteiger partial charge is 0.224 e. The van der Waals surface area contributed by atoms with E-state index in [2.05, 4.69) is 5.32 Å². The summed E-state index contributed by atoms with van der Waals surface area (Å²) in [5.41, 5.74) is 7.87. The second kappa shape index (κ2) is 9.11. The molecule has 0 bridgehead atoms. The number of ether oxygens (including phenoxy) is 2. The maximum atomic E-state index is 12.0. The van der Waals surface area contributed by atoms with Gasteiger partial charge in [0.05, 0.1) is 13.2 Å². The molecule has 3 unspecified atom stereocenters. The molecule has 3 atom stereocenters. The van der Waals surface area contributed by atoms with E-state index in [0.717, 1.165) is 29.9 Å². The van der Waals surface area contributed by atoms with Crippen LogP contribution < -0.4 is 15.8 Å². The third-order valence-electron chi connectivity index (χ3n) is 4.06. The molecule has 0 radical (unpaired) electrons. The van der Waals surface area contributed by atoms with Gasteiger partial charge in [-0.25, -0.2) is 0 Å². The second-order valence-corrected chi connectivity index (χ2v) is 6.08. The van der Waals surface area contributed by atoms with E-state index in [0.29, 0.717) is 13.2 Å². The van der Waals surface area contributed by atoms with Crippen molar-refractivity contribution in [2.24, 2.45) is 11.7 Å². The van der Waals surface area contributed by atoms with E-state index in [-0.39, 0.29) is 36.4 Å². The van der Waals surface area contributed by atoms with E-state index in [1.807, 2.05) is 39.0 Å². The van der Waals surface area contributed by atoms with Gasteiger partial charge in [-0.15, -0.1) is 12.4 Å². The molecule has 5 nitrogen and oxygen atoms in total. The molecular formula is C17H27ClN2O3. The van der Waals surface area contributed by atoms with Crippen LogP contribution in [0.25, 0.3) is 0 Å². The molecule has 1 aromatic rings. The van der Waals surface area contributed by atoms with Crippen molar-refractivity contribution in [3.63, 3.8) is 0 Å². The highest BCUT2D eigenvalue weighted by molar-refractivity contribution is 5.85. The van der Waals surface area contributed by atoms with E-state index in [9.17, 15) is 4.79 Å². The molecule has 130 valence electrons. The van der Waals surface area contributed by atoms with Gasteiger partial charge in [0, 0.05) is 30.5 Å². The summed E-state index contributed by atoms with van der Waals surface area (Å²) in [6.45, 7) is 7.51. The summed E-state index contributed by atoms with van der Waals surface area (Å²) in [5.74, 6) is 0.577. The Bertz CT molecular complexity index is 517. The average molecular weight is 343 g/mol. The molecule has 1 amide bonds. The first-order valence-corrected chi connectivity index (χ1v) is 7.84. The van der Waals surface area contributed by atoms with Crippen LogP contribution in [0.15, 0.2) is 18.2 Å². The average Bonchev–Trinajstić information content (AvgIpc) is 2.98. The van der Waals surface area contributed by atoms with Gasteiger partial charge in [-0.3, -0.25) is 4.79 Å². The van der Waals surface area contributed by atoms with Gasteiger partial charge >= 0.3 is 0 Å². The maximum absolute atomic E-state index is 12.0. The van der Waals surface area contributed by atoms with Crippen LogP contribution in [0.1, 0.15) is 31.4 Å². The highest BCUT2D eigenvalue weighted by Gasteiger charge is 2.20. The number of aryl methyl sites for hydroxylation is 1. The van der Waals surface area contributed by atoms with Gasteiger partial charge in [0.15, 0.2) is 0 Å². The van der Waals surface area contributed by atoms with E-state index in [1.165, 1.54) is 0 Å².